The van der Waals surface area contributed by atoms with E-state index in [4.69, 9.17) is 4.74 Å². The van der Waals surface area contributed by atoms with Crippen molar-refractivity contribution in [1.82, 2.24) is 0 Å². The fraction of sp³-hybridized carbons (Fsp3) is 0.467. The molecule has 0 bridgehead atoms. The fourth-order valence-electron chi connectivity index (χ4n) is 2.01. The summed E-state index contributed by atoms with van der Waals surface area (Å²) in [5.41, 5.74) is 1.14. The van der Waals surface area contributed by atoms with Crippen LogP contribution >= 0.6 is 11.8 Å². The Kier molecular flexibility index (Phi) is 5.29. The van der Waals surface area contributed by atoms with Gasteiger partial charge < -0.3 is 9.84 Å². The SMILES string of the molecule is C[C@H](CSc1ccccc1)[C@H](O)C1=CCOCC1. The van der Waals surface area contributed by atoms with Gasteiger partial charge in [0, 0.05) is 10.6 Å². The van der Waals surface area contributed by atoms with Gasteiger partial charge in [0.25, 0.3) is 0 Å². The Hall–Kier alpha value is -0.770. The molecule has 0 fully saturated rings. The van der Waals surface area contributed by atoms with Gasteiger partial charge in [-0.05, 0) is 30.0 Å². The fourth-order valence-corrected chi connectivity index (χ4v) is 3.00. The predicted molar refractivity (Wildman–Crippen MR) is 75.9 cm³/mol. The maximum atomic E-state index is 10.3. The topological polar surface area (TPSA) is 29.5 Å². The first-order valence-electron chi connectivity index (χ1n) is 6.40. The molecule has 1 aliphatic rings. The second kappa shape index (κ2) is 6.98. The Morgan fingerprint density at radius 3 is 2.78 bits per heavy atom. The van der Waals surface area contributed by atoms with E-state index in [0.29, 0.717) is 6.61 Å². The molecule has 0 unspecified atom stereocenters. The van der Waals surface area contributed by atoms with Crippen molar-refractivity contribution < 1.29 is 9.84 Å². The molecule has 18 heavy (non-hydrogen) atoms. The van der Waals surface area contributed by atoms with Crippen molar-refractivity contribution in [3.8, 4) is 0 Å². The summed E-state index contributed by atoms with van der Waals surface area (Å²) in [5, 5.41) is 10.3. The van der Waals surface area contributed by atoms with E-state index in [0.717, 1.165) is 24.4 Å². The van der Waals surface area contributed by atoms with Crippen LogP contribution in [0.15, 0.2) is 46.9 Å². The molecule has 1 N–H and O–H groups in total. The number of benzene rings is 1. The number of hydrogen-bond acceptors (Lipinski definition) is 3. The molecule has 3 heteroatoms. The predicted octanol–water partition coefficient (Wildman–Crippen LogP) is 3.12. The molecule has 1 heterocycles. The van der Waals surface area contributed by atoms with Gasteiger partial charge in [0.2, 0.25) is 0 Å². The molecule has 2 rings (SSSR count). The normalized spacial score (nSPS) is 19.1. The van der Waals surface area contributed by atoms with Crippen LogP contribution in [0.5, 0.6) is 0 Å². The summed E-state index contributed by atoms with van der Waals surface area (Å²) in [6, 6.07) is 10.3. The zero-order valence-corrected chi connectivity index (χ0v) is 11.5. The number of aliphatic hydroxyl groups is 1. The van der Waals surface area contributed by atoms with Gasteiger partial charge in [0.05, 0.1) is 19.3 Å². The zero-order valence-electron chi connectivity index (χ0n) is 10.7. The first-order valence-corrected chi connectivity index (χ1v) is 7.38. The van der Waals surface area contributed by atoms with Crippen LogP contribution in [-0.4, -0.2) is 30.2 Å². The molecule has 0 spiro atoms. The summed E-state index contributed by atoms with van der Waals surface area (Å²) in [5.74, 6) is 1.20. The number of rotatable bonds is 5. The van der Waals surface area contributed by atoms with E-state index in [9.17, 15) is 5.11 Å². The maximum Gasteiger partial charge on any atom is 0.0785 e. The number of aliphatic hydroxyl groups excluding tert-OH is 1. The number of thioether (sulfide) groups is 1. The third kappa shape index (κ3) is 3.87. The highest BCUT2D eigenvalue weighted by Crippen LogP contribution is 2.25. The van der Waals surface area contributed by atoms with Gasteiger partial charge in [0.15, 0.2) is 0 Å². The van der Waals surface area contributed by atoms with Crippen molar-refractivity contribution in [1.29, 1.82) is 0 Å². The highest BCUT2D eigenvalue weighted by atomic mass is 32.2. The standard InChI is InChI=1S/C15H20O2S/c1-12(11-18-14-5-3-2-4-6-14)15(16)13-7-9-17-10-8-13/h2-7,12,15-16H,8-11H2,1H3/t12-,15+/m1/s1. The minimum Gasteiger partial charge on any atom is -0.388 e. The van der Waals surface area contributed by atoms with Gasteiger partial charge in [-0.3, -0.25) is 0 Å². The van der Waals surface area contributed by atoms with Gasteiger partial charge in [-0.2, -0.15) is 0 Å². The molecule has 0 saturated heterocycles. The second-order valence-electron chi connectivity index (χ2n) is 4.65. The van der Waals surface area contributed by atoms with Crippen molar-refractivity contribution in [2.75, 3.05) is 19.0 Å². The molecule has 0 aromatic heterocycles. The average molecular weight is 264 g/mol. The lowest BCUT2D eigenvalue weighted by Crippen LogP contribution is -2.25. The van der Waals surface area contributed by atoms with Crippen LogP contribution in [0, 0.1) is 5.92 Å². The quantitative estimate of drug-likeness (QED) is 0.654. The third-order valence-electron chi connectivity index (χ3n) is 3.17. The summed E-state index contributed by atoms with van der Waals surface area (Å²) in [6.07, 6.45) is 2.56. The van der Waals surface area contributed by atoms with Crippen molar-refractivity contribution >= 4 is 11.8 Å². The van der Waals surface area contributed by atoms with Crippen molar-refractivity contribution in [2.45, 2.75) is 24.3 Å². The van der Waals surface area contributed by atoms with Gasteiger partial charge in [-0.25, -0.2) is 0 Å². The zero-order chi connectivity index (χ0) is 12.8. The largest absolute Gasteiger partial charge is 0.388 e. The molecular weight excluding hydrogens is 244 g/mol. The van der Waals surface area contributed by atoms with Gasteiger partial charge >= 0.3 is 0 Å². The van der Waals surface area contributed by atoms with Gasteiger partial charge in [-0.1, -0.05) is 31.2 Å². The molecule has 1 aliphatic heterocycles. The minimum atomic E-state index is -0.329. The van der Waals surface area contributed by atoms with E-state index >= 15 is 0 Å². The summed E-state index contributed by atoms with van der Waals surface area (Å²) in [6.45, 7) is 3.49. The molecule has 0 aliphatic carbocycles. The van der Waals surface area contributed by atoms with Crippen LogP contribution in [-0.2, 0) is 4.74 Å². The molecule has 1 aromatic rings. The van der Waals surface area contributed by atoms with Crippen LogP contribution in [0.1, 0.15) is 13.3 Å². The van der Waals surface area contributed by atoms with Crippen LogP contribution in [0.4, 0.5) is 0 Å². The first kappa shape index (κ1) is 13.7. The highest BCUT2D eigenvalue weighted by molar-refractivity contribution is 7.99. The molecule has 2 nitrogen and oxygen atoms in total. The summed E-state index contributed by atoms with van der Waals surface area (Å²) >= 11 is 1.80. The van der Waals surface area contributed by atoms with Gasteiger partial charge in [-0.15, -0.1) is 11.8 Å². The molecule has 2 atom stereocenters. The minimum absolute atomic E-state index is 0.263. The van der Waals surface area contributed by atoms with Crippen LogP contribution in [0.2, 0.25) is 0 Å². The molecule has 0 radical (unpaired) electrons. The Labute approximate surface area is 113 Å². The Morgan fingerprint density at radius 2 is 2.11 bits per heavy atom. The molecular formula is C15H20O2S. The van der Waals surface area contributed by atoms with Crippen LogP contribution < -0.4 is 0 Å². The lowest BCUT2D eigenvalue weighted by molar-refractivity contribution is 0.117. The Bertz CT molecular complexity index is 389. The molecule has 1 aromatic carbocycles. The van der Waals surface area contributed by atoms with Crippen LogP contribution in [0.3, 0.4) is 0 Å². The maximum absolute atomic E-state index is 10.3. The Morgan fingerprint density at radius 1 is 1.33 bits per heavy atom. The van der Waals surface area contributed by atoms with Gasteiger partial charge in [0.1, 0.15) is 0 Å². The highest BCUT2D eigenvalue weighted by Gasteiger charge is 2.20. The molecule has 0 saturated carbocycles. The lowest BCUT2D eigenvalue weighted by Gasteiger charge is -2.24. The van der Waals surface area contributed by atoms with E-state index in [1.807, 2.05) is 24.3 Å². The monoisotopic (exact) mass is 264 g/mol. The smallest absolute Gasteiger partial charge is 0.0785 e. The van der Waals surface area contributed by atoms with E-state index in [1.165, 1.54) is 4.90 Å². The van der Waals surface area contributed by atoms with E-state index in [-0.39, 0.29) is 12.0 Å². The lowest BCUT2D eigenvalue weighted by atomic mass is 9.96. The van der Waals surface area contributed by atoms with Crippen molar-refractivity contribution in [3.05, 3.63) is 42.0 Å². The number of hydrogen-bond donors (Lipinski definition) is 1. The van der Waals surface area contributed by atoms with E-state index in [2.05, 4.69) is 19.1 Å². The first-order chi connectivity index (χ1) is 8.77. The second-order valence-corrected chi connectivity index (χ2v) is 5.74. The summed E-state index contributed by atoms with van der Waals surface area (Å²) in [4.78, 5) is 1.26. The van der Waals surface area contributed by atoms with E-state index in [1.54, 1.807) is 11.8 Å². The average Bonchev–Trinajstić information content (AvgIpc) is 2.46. The van der Waals surface area contributed by atoms with Crippen molar-refractivity contribution in [3.63, 3.8) is 0 Å². The summed E-state index contributed by atoms with van der Waals surface area (Å²) < 4.78 is 5.27. The molecule has 98 valence electrons. The molecule has 0 amide bonds. The van der Waals surface area contributed by atoms with E-state index < -0.39 is 0 Å². The third-order valence-corrected chi connectivity index (χ3v) is 4.47. The summed E-state index contributed by atoms with van der Waals surface area (Å²) in [7, 11) is 0. The van der Waals surface area contributed by atoms with Crippen molar-refractivity contribution in [2.24, 2.45) is 5.92 Å². The Balaban J connectivity index is 1.84. The number of ether oxygens (including phenoxy) is 1. The van der Waals surface area contributed by atoms with Crippen LogP contribution in [0.25, 0.3) is 0 Å².